The van der Waals surface area contributed by atoms with E-state index >= 15 is 0 Å². The summed E-state index contributed by atoms with van der Waals surface area (Å²) in [6, 6.07) is 12.7. The van der Waals surface area contributed by atoms with Crippen LogP contribution in [0.15, 0.2) is 66.1 Å². The number of nitrogens with one attached hydrogen (secondary N) is 2. The second-order valence-electron chi connectivity index (χ2n) is 7.22. The monoisotopic (exact) mass is 420 g/mol. The Bertz CT molecular complexity index is 1160. The Morgan fingerprint density at radius 2 is 2.03 bits per heavy atom. The van der Waals surface area contributed by atoms with Crippen molar-refractivity contribution < 1.29 is 4.39 Å². The first-order valence-electron chi connectivity index (χ1n) is 9.95. The van der Waals surface area contributed by atoms with E-state index in [9.17, 15) is 4.39 Å². The molecule has 30 heavy (non-hydrogen) atoms. The smallest absolute Gasteiger partial charge is 0.148 e. The highest BCUT2D eigenvalue weighted by molar-refractivity contribution is 7.99. The van der Waals surface area contributed by atoms with Crippen molar-refractivity contribution >= 4 is 34.2 Å². The molecule has 1 fully saturated rings. The fraction of sp³-hybridized carbons (Fsp3) is 0.227. The molecule has 4 aromatic rings. The number of pyridine rings is 2. The van der Waals surface area contributed by atoms with Gasteiger partial charge in [-0.1, -0.05) is 0 Å². The van der Waals surface area contributed by atoms with E-state index in [1.54, 1.807) is 35.4 Å². The third-order valence-corrected chi connectivity index (χ3v) is 6.38. The molecule has 1 saturated heterocycles. The highest BCUT2D eigenvalue weighted by atomic mass is 32.2. The van der Waals surface area contributed by atoms with Gasteiger partial charge in [-0.15, -0.1) is 11.8 Å². The van der Waals surface area contributed by atoms with Gasteiger partial charge in [-0.05, 0) is 56.3 Å². The molecular weight excluding hydrogens is 399 g/mol. The summed E-state index contributed by atoms with van der Waals surface area (Å²) in [6.45, 7) is 2.13. The lowest BCUT2D eigenvalue weighted by Crippen LogP contribution is -2.29. The van der Waals surface area contributed by atoms with Crippen LogP contribution < -0.4 is 10.6 Å². The van der Waals surface area contributed by atoms with Crippen molar-refractivity contribution in [3.63, 3.8) is 0 Å². The molecule has 8 heteroatoms. The van der Waals surface area contributed by atoms with Crippen molar-refractivity contribution in [2.75, 3.05) is 18.4 Å². The number of fused-ring (bicyclic) bond motifs is 1. The van der Waals surface area contributed by atoms with E-state index < -0.39 is 0 Å². The minimum atomic E-state index is -0.368. The minimum Gasteiger partial charge on any atom is -0.338 e. The van der Waals surface area contributed by atoms with Crippen molar-refractivity contribution in [2.45, 2.75) is 23.1 Å². The summed E-state index contributed by atoms with van der Waals surface area (Å²) < 4.78 is 16.2. The zero-order valence-corrected chi connectivity index (χ0v) is 17.1. The Morgan fingerprint density at radius 1 is 1.13 bits per heavy atom. The highest BCUT2D eigenvalue weighted by Gasteiger charge is 2.15. The maximum atomic E-state index is 14.6. The number of benzene rings is 1. The van der Waals surface area contributed by atoms with E-state index in [-0.39, 0.29) is 5.82 Å². The van der Waals surface area contributed by atoms with E-state index in [4.69, 9.17) is 4.98 Å². The fourth-order valence-corrected chi connectivity index (χ4v) is 4.63. The maximum Gasteiger partial charge on any atom is 0.148 e. The van der Waals surface area contributed by atoms with Gasteiger partial charge in [0.05, 0.1) is 21.9 Å². The number of thioether (sulfide) groups is 1. The van der Waals surface area contributed by atoms with Gasteiger partial charge in [-0.25, -0.2) is 19.0 Å². The van der Waals surface area contributed by atoms with Crippen LogP contribution in [0.5, 0.6) is 0 Å². The first kappa shape index (κ1) is 19.0. The number of hydrogen-bond donors (Lipinski definition) is 2. The number of halogens is 1. The van der Waals surface area contributed by atoms with E-state index in [2.05, 4.69) is 26.8 Å². The lowest BCUT2D eigenvalue weighted by Gasteiger charge is -2.21. The number of rotatable bonds is 5. The van der Waals surface area contributed by atoms with E-state index in [0.29, 0.717) is 22.4 Å². The molecule has 0 spiro atoms. The number of anilines is 2. The molecule has 0 saturated carbocycles. The first-order valence-corrected chi connectivity index (χ1v) is 10.8. The minimum absolute atomic E-state index is 0.359. The van der Waals surface area contributed by atoms with Crippen molar-refractivity contribution in [1.29, 1.82) is 0 Å². The van der Waals surface area contributed by atoms with Crippen molar-refractivity contribution in [2.24, 2.45) is 0 Å². The van der Waals surface area contributed by atoms with Gasteiger partial charge in [-0.3, -0.25) is 0 Å². The number of hydrogen-bond acceptors (Lipinski definition) is 6. The molecule has 4 heterocycles. The molecule has 3 aromatic heterocycles. The van der Waals surface area contributed by atoms with Crippen molar-refractivity contribution in [3.8, 4) is 5.69 Å². The summed E-state index contributed by atoms with van der Waals surface area (Å²) in [5.74, 6) is 0.192. The molecule has 0 atom stereocenters. The molecule has 6 nitrogen and oxygen atoms in total. The van der Waals surface area contributed by atoms with Crippen molar-refractivity contribution in [1.82, 2.24) is 25.1 Å². The zero-order chi connectivity index (χ0) is 20.3. The molecule has 0 radical (unpaired) electrons. The lowest BCUT2D eigenvalue weighted by atomic mass is 10.2. The molecule has 1 aromatic carbocycles. The Kier molecular flexibility index (Phi) is 5.33. The molecule has 1 aliphatic heterocycles. The Morgan fingerprint density at radius 3 is 2.83 bits per heavy atom. The summed E-state index contributed by atoms with van der Waals surface area (Å²) >= 11 is 1.83. The van der Waals surface area contributed by atoms with Crippen LogP contribution in [0.1, 0.15) is 12.8 Å². The Balaban J connectivity index is 1.36. The molecule has 0 aliphatic carbocycles. The van der Waals surface area contributed by atoms with Crippen LogP contribution in [0.2, 0.25) is 0 Å². The third-order valence-electron chi connectivity index (χ3n) is 5.11. The van der Waals surface area contributed by atoms with Gasteiger partial charge in [0.15, 0.2) is 0 Å². The molecule has 1 aliphatic rings. The first-order chi connectivity index (χ1) is 14.7. The van der Waals surface area contributed by atoms with Gasteiger partial charge in [0.1, 0.15) is 11.6 Å². The standard InChI is InChI=1S/C22H21FN6S/c23-18-12-16(29-11-1-8-26-29)3-4-19(18)27-21-13-20-15(14-25-21)2-5-22(28-20)30-17-6-9-24-10-7-17/h1-5,8,11-14,17,24H,6-7,9-10H2,(H,25,27). The molecule has 152 valence electrons. The molecule has 5 rings (SSSR count). The summed E-state index contributed by atoms with van der Waals surface area (Å²) in [7, 11) is 0. The number of nitrogens with zero attached hydrogens (tertiary/aromatic N) is 4. The SMILES string of the molecule is Fc1cc(-n2cccn2)ccc1Nc1cc2nc(SC3CCNCC3)ccc2cn1. The maximum absolute atomic E-state index is 14.6. The van der Waals surface area contributed by atoms with E-state index in [1.165, 1.54) is 6.07 Å². The van der Waals surface area contributed by atoms with E-state index in [1.807, 2.05) is 30.0 Å². The second-order valence-corrected chi connectivity index (χ2v) is 8.54. The van der Waals surface area contributed by atoms with Crippen LogP contribution in [0, 0.1) is 5.82 Å². The molecular formula is C22H21FN6S. The van der Waals surface area contributed by atoms with Gasteiger partial charge in [0.25, 0.3) is 0 Å². The molecule has 0 unspecified atom stereocenters. The predicted molar refractivity (Wildman–Crippen MR) is 118 cm³/mol. The highest BCUT2D eigenvalue weighted by Crippen LogP contribution is 2.29. The third kappa shape index (κ3) is 4.15. The van der Waals surface area contributed by atoms with Gasteiger partial charge < -0.3 is 10.6 Å². The molecule has 2 N–H and O–H groups in total. The largest absolute Gasteiger partial charge is 0.338 e. The average molecular weight is 421 g/mol. The Labute approximate surface area is 177 Å². The van der Waals surface area contributed by atoms with Crippen LogP contribution in [-0.4, -0.2) is 38.1 Å². The van der Waals surface area contributed by atoms with Crippen LogP contribution in [0.25, 0.3) is 16.6 Å². The van der Waals surface area contributed by atoms with E-state index in [0.717, 1.165) is 41.9 Å². The van der Waals surface area contributed by atoms with Gasteiger partial charge in [-0.2, -0.15) is 5.10 Å². The second kappa shape index (κ2) is 8.41. The number of piperidine rings is 1. The summed E-state index contributed by atoms with van der Waals surface area (Å²) in [5, 5.41) is 13.2. The number of aromatic nitrogens is 4. The van der Waals surface area contributed by atoms with Gasteiger partial charge >= 0.3 is 0 Å². The Hall–Kier alpha value is -2.97. The molecule has 0 amide bonds. The van der Waals surface area contributed by atoms with Crippen LogP contribution in [-0.2, 0) is 0 Å². The fourth-order valence-electron chi connectivity index (χ4n) is 3.52. The average Bonchev–Trinajstić information content (AvgIpc) is 3.31. The van der Waals surface area contributed by atoms with Crippen LogP contribution in [0.3, 0.4) is 0 Å². The summed E-state index contributed by atoms with van der Waals surface area (Å²) in [6.07, 6.45) is 7.51. The predicted octanol–water partition coefficient (Wildman–Crippen LogP) is 4.54. The van der Waals surface area contributed by atoms with Crippen LogP contribution >= 0.6 is 11.8 Å². The topological polar surface area (TPSA) is 67.7 Å². The zero-order valence-electron chi connectivity index (χ0n) is 16.3. The normalized spacial score (nSPS) is 14.8. The lowest BCUT2D eigenvalue weighted by molar-refractivity contribution is 0.531. The van der Waals surface area contributed by atoms with Gasteiger partial charge in [0.2, 0.25) is 0 Å². The summed E-state index contributed by atoms with van der Waals surface area (Å²) in [4.78, 5) is 9.21. The van der Waals surface area contributed by atoms with Gasteiger partial charge in [0, 0.05) is 41.4 Å². The quantitative estimate of drug-likeness (QED) is 0.494. The molecule has 0 bridgehead atoms. The van der Waals surface area contributed by atoms with Crippen LogP contribution in [0.4, 0.5) is 15.9 Å². The van der Waals surface area contributed by atoms with Crippen molar-refractivity contribution in [3.05, 3.63) is 66.9 Å². The summed E-state index contributed by atoms with van der Waals surface area (Å²) in [5.41, 5.74) is 1.87.